The number of nitrogens with zero attached hydrogens (tertiary/aromatic N) is 1. The highest BCUT2D eigenvalue weighted by atomic mass is 35.5. The number of hydrogen-bond donors (Lipinski definition) is 0. The fourth-order valence-electron chi connectivity index (χ4n) is 1.14. The minimum atomic E-state index is -0.498. The molecule has 94 valence electrons. The van der Waals surface area contributed by atoms with E-state index in [-0.39, 0.29) is 18.8 Å². The summed E-state index contributed by atoms with van der Waals surface area (Å²) in [6, 6.07) is 6.60. The molecule has 0 spiro atoms. The van der Waals surface area contributed by atoms with Gasteiger partial charge in [-0.25, -0.2) is 4.79 Å². The normalized spacial score (nSPS) is 9.39. The Morgan fingerprint density at radius 2 is 2.28 bits per heavy atom. The van der Waals surface area contributed by atoms with E-state index in [9.17, 15) is 4.79 Å². The van der Waals surface area contributed by atoms with E-state index in [1.807, 2.05) is 6.07 Å². The lowest BCUT2D eigenvalue weighted by Crippen LogP contribution is -2.13. The molecule has 0 bridgehead atoms. The van der Waals surface area contributed by atoms with Gasteiger partial charge < -0.3 is 9.47 Å². The zero-order chi connectivity index (χ0) is 13.5. The molecule has 0 radical (unpaired) electrons. The number of hydrogen-bond acceptors (Lipinski definition) is 4. The van der Waals surface area contributed by atoms with Crippen LogP contribution in [0.3, 0.4) is 0 Å². The highest BCUT2D eigenvalue weighted by Crippen LogP contribution is 2.25. The predicted octanol–water partition coefficient (Wildman–Crippen LogP) is 2.71. The van der Waals surface area contributed by atoms with Crippen LogP contribution in [-0.2, 0) is 9.53 Å². The Labute approximate surface area is 110 Å². The van der Waals surface area contributed by atoms with Crippen LogP contribution in [0, 0.1) is 11.3 Å². The van der Waals surface area contributed by atoms with Crippen LogP contribution in [0.1, 0.15) is 12.5 Å². The summed E-state index contributed by atoms with van der Waals surface area (Å²) in [5, 5.41) is 8.99. The first-order chi connectivity index (χ1) is 8.58. The maximum Gasteiger partial charge on any atom is 0.336 e. The molecule has 0 N–H and O–H groups in total. The second-order valence-electron chi connectivity index (χ2n) is 3.37. The lowest BCUT2D eigenvalue weighted by atomic mass is 10.2. The number of esters is 1. The molecule has 5 heteroatoms. The summed E-state index contributed by atoms with van der Waals surface area (Å²) in [4.78, 5) is 11.3. The van der Waals surface area contributed by atoms with E-state index in [0.717, 1.165) is 0 Å². The van der Waals surface area contributed by atoms with Crippen molar-refractivity contribution in [2.75, 3.05) is 13.2 Å². The maximum absolute atomic E-state index is 11.3. The van der Waals surface area contributed by atoms with Crippen LogP contribution in [0.2, 0.25) is 5.02 Å². The Bertz CT molecular complexity index is 505. The van der Waals surface area contributed by atoms with Crippen LogP contribution in [0.4, 0.5) is 0 Å². The molecule has 0 saturated heterocycles. The van der Waals surface area contributed by atoms with Crippen LogP contribution in [0.5, 0.6) is 5.75 Å². The molecule has 0 unspecified atom stereocenters. The van der Waals surface area contributed by atoms with Gasteiger partial charge >= 0.3 is 5.97 Å². The molecule has 0 aliphatic carbocycles. The van der Waals surface area contributed by atoms with E-state index in [1.165, 1.54) is 6.07 Å². The molecule has 1 aromatic rings. The van der Waals surface area contributed by atoms with Gasteiger partial charge in [-0.3, -0.25) is 0 Å². The monoisotopic (exact) mass is 265 g/mol. The van der Waals surface area contributed by atoms with Gasteiger partial charge in [0, 0.05) is 0 Å². The molecule has 4 nitrogen and oxygen atoms in total. The van der Waals surface area contributed by atoms with Gasteiger partial charge in [0.05, 0.1) is 28.8 Å². The molecular weight excluding hydrogens is 254 g/mol. The van der Waals surface area contributed by atoms with Crippen molar-refractivity contribution in [2.24, 2.45) is 0 Å². The number of halogens is 1. The van der Waals surface area contributed by atoms with E-state index in [0.29, 0.717) is 16.3 Å². The van der Waals surface area contributed by atoms with Crippen LogP contribution >= 0.6 is 11.6 Å². The summed E-state index contributed by atoms with van der Waals surface area (Å²) in [6.07, 6.45) is 0. The summed E-state index contributed by atoms with van der Waals surface area (Å²) in [5.41, 5.74) is 0.647. The standard InChI is InChI=1S/C13H12ClNO3/c1-3-17-13(16)9(2)8-18-12-5-4-10(7-15)6-11(12)14/h4-6H,2-3,8H2,1H3. The van der Waals surface area contributed by atoms with Crippen molar-refractivity contribution < 1.29 is 14.3 Å². The lowest BCUT2D eigenvalue weighted by Gasteiger charge is -2.09. The third-order valence-electron chi connectivity index (χ3n) is 2.03. The number of nitriles is 1. The van der Waals surface area contributed by atoms with Gasteiger partial charge in [-0.05, 0) is 25.1 Å². The Morgan fingerprint density at radius 1 is 1.56 bits per heavy atom. The van der Waals surface area contributed by atoms with Crippen LogP contribution in [0.15, 0.2) is 30.4 Å². The van der Waals surface area contributed by atoms with Crippen molar-refractivity contribution in [3.8, 4) is 11.8 Å². The zero-order valence-corrected chi connectivity index (χ0v) is 10.7. The second-order valence-corrected chi connectivity index (χ2v) is 3.78. The highest BCUT2D eigenvalue weighted by Gasteiger charge is 2.10. The highest BCUT2D eigenvalue weighted by molar-refractivity contribution is 6.32. The smallest absolute Gasteiger partial charge is 0.336 e. The minimum absolute atomic E-state index is 0.00947. The first-order valence-corrected chi connectivity index (χ1v) is 5.63. The molecule has 0 fully saturated rings. The second kappa shape index (κ2) is 6.67. The molecule has 0 aliphatic heterocycles. The molecule has 18 heavy (non-hydrogen) atoms. The van der Waals surface area contributed by atoms with Gasteiger partial charge in [-0.2, -0.15) is 5.26 Å². The number of benzene rings is 1. The maximum atomic E-state index is 11.3. The Morgan fingerprint density at radius 3 is 2.83 bits per heavy atom. The van der Waals surface area contributed by atoms with E-state index < -0.39 is 5.97 Å². The largest absolute Gasteiger partial charge is 0.487 e. The molecule has 0 aliphatic rings. The number of ether oxygens (including phenoxy) is 2. The van der Waals surface area contributed by atoms with Gasteiger partial charge in [0.1, 0.15) is 12.4 Å². The van der Waals surface area contributed by atoms with Crippen LogP contribution in [-0.4, -0.2) is 19.2 Å². The van der Waals surface area contributed by atoms with Gasteiger partial charge in [-0.1, -0.05) is 18.2 Å². The van der Waals surface area contributed by atoms with E-state index in [2.05, 4.69) is 6.58 Å². The SMILES string of the molecule is C=C(COc1ccc(C#N)cc1Cl)C(=O)OCC. The van der Waals surface area contributed by atoms with Crippen LogP contribution in [0.25, 0.3) is 0 Å². The molecule has 0 saturated carbocycles. The molecule has 0 aromatic heterocycles. The zero-order valence-electron chi connectivity index (χ0n) is 9.90. The van der Waals surface area contributed by atoms with Crippen LogP contribution < -0.4 is 4.74 Å². The van der Waals surface area contributed by atoms with Crippen molar-refractivity contribution in [1.29, 1.82) is 5.26 Å². The van der Waals surface area contributed by atoms with E-state index in [4.69, 9.17) is 26.3 Å². The number of carbonyl (C=O) groups is 1. The summed E-state index contributed by atoms with van der Waals surface area (Å²) in [6.45, 7) is 5.55. The fourth-order valence-corrected chi connectivity index (χ4v) is 1.38. The molecule has 1 rings (SSSR count). The fraction of sp³-hybridized carbons (Fsp3) is 0.231. The summed E-state index contributed by atoms with van der Waals surface area (Å²) < 4.78 is 10.1. The topological polar surface area (TPSA) is 59.3 Å². The third-order valence-corrected chi connectivity index (χ3v) is 2.32. The first-order valence-electron chi connectivity index (χ1n) is 5.25. The molecule has 0 atom stereocenters. The number of carbonyl (C=O) groups excluding carboxylic acids is 1. The molecule has 1 aromatic carbocycles. The quantitative estimate of drug-likeness (QED) is 0.607. The van der Waals surface area contributed by atoms with Gasteiger partial charge in [-0.15, -0.1) is 0 Å². The molecular formula is C13H12ClNO3. The summed E-state index contributed by atoms with van der Waals surface area (Å²) in [7, 11) is 0. The van der Waals surface area contributed by atoms with Crippen molar-refractivity contribution in [3.05, 3.63) is 40.9 Å². The van der Waals surface area contributed by atoms with E-state index in [1.54, 1.807) is 19.1 Å². The van der Waals surface area contributed by atoms with Gasteiger partial charge in [0.2, 0.25) is 0 Å². The van der Waals surface area contributed by atoms with Crippen molar-refractivity contribution >= 4 is 17.6 Å². The van der Waals surface area contributed by atoms with Gasteiger partial charge in [0.15, 0.2) is 0 Å². The minimum Gasteiger partial charge on any atom is -0.487 e. The Balaban J connectivity index is 2.62. The van der Waals surface area contributed by atoms with Crippen molar-refractivity contribution in [2.45, 2.75) is 6.92 Å². The molecule has 0 heterocycles. The van der Waals surface area contributed by atoms with Crippen molar-refractivity contribution in [1.82, 2.24) is 0 Å². The molecule has 0 amide bonds. The first kappa shape index (κ1) is 14.1. The summed E-state index contributed by atoms with van der Waals surface area (Å²) >= 11 is 5.91. The third kappa shape index (κ3) is 3.79. The summed E-state index contributed by atoms with van der Waals surface area (Å²) in [5.74, 6) is -0.108. The van der Waals surface area contributed by atoms with E-state index >= 15 is 0 Å². The Kier molecular flexibility index (Phi) is 5.22. The van der Waals surface area contributed by atoms with Gasteiger partial charge in [0.25, 0.3) is 0 Å². The lowest BCUT2D eigenvalue weighted by molar-refractivity contribution is -0.138. The van der Waals surface area contributed by atoms with Crippen molar-refractivity contribution in [3.63, 3.8) is 0 Å². The predicted molar refractivity (Wildman–Crippen MR) is 67.4 cm³/mol. The Hall–Kier alpha value is -1.99. The average molecular weight is 266 g/mol. The average Bonchev–Trinajstić information content (AvgIpc) is 2.37. The number of rotatable bonds is 5.